The van der Waals surface area contributed by atoms with Gasteiger partial charge in [0.25, 0.3) is 0 Å². The molecule has 4 atom stereocenters. The monoisotopic (exact) mass is 722 g/mol. The third-order valence-corrected chi connectivity index (χ3v) is 9.97. The number of likely N-dealkylation sites (N-methyl/N-ethyl adjacent to an activating group) is 2. The summed E-state index contributed by atoms with van der Waals surface area (Å²) in [6, 6.07) is 26.5. The van der Waals surface area contributed by atoms with Gasteiger partial charge in [0.2, 0.25) is 11.8 Å². The van der Waals surface area contributed by atoms with Gasteiger partial charge in [-0.2, -0.15) is 0 Å². The Labute approximate surface area is 315 Å². The van der Waals surface area contributed by atoms with Crippen molar-refractivity contribution in [2.24, 2.45) is 0 Å². The zero-order chi connectivity index (χ0) is 37.8. The van der Waals surface area contributed by atoms with Crippen LogP contribution >= 0.6 is 0 Å². The van der Waals surface area contributed by atoms with Crippen LogP contribution in [0.15, 0.2) is 110 Å². The Morgan fingerprint density at radius 3 is 1.91 bits per heavy atom. The van der Waals surface area contributed by atoms with Crippen molar-refractivity contribution in [3.05, 3.63) is 132 Å². The molecule has 1 aliphatic rings. The summed E-state index contributed by atoms with van der Waals surface area (Å²) in [5, 5.41) is 3.09. The number of rotatable bonds is 12. The fraction of sp³-hybridized carbons (Fsp3) is 0.286. The topological polar surface area (TPSA) is 139 Å². The fourth-order valence-corrected chi connectivity index (χ4v) is 7.22. The molecule has 6 aromatic rings. The van der Waals surface area contributed by atoms with Crippen molar-refractivity contribution >= 4 is 11.8 Å². The molecule has 3 aromatic heterocycles. The summed E-state index contributed by atoms with van der Waals surface area (Å²) in [4.78, 5) is 58.4. The Kier molecular flexibility index (Phi) is 10.7. The van der Waals surface area contributed by atoms with E-state index in [1.165, 1.54) is 0 Å². The molecule has 1 fully saturated rings. The summed E-state index contributed by atoms with van der Waals surface area (Å²) in [7, 11) is 7.68. The second-order valence-electron chi connectivity index (χ2n) is 14.2. The molecule has 12 heteroatoms. The number of aromatic nitrogens is 6. The number of carbonyl (C=O) groups excluding carboxylic acids is 2. The largest absolute Gasteiger partial charge is 0.345 e. The molecule has 276 valence electrons. The van der Waals surface area contributed by atoms with Crippen LogP contribution in [0.3, 0.4) is 0 Å². The highest BCUT2D eigenvalue weighted by molar-refractivity contribution is 5.84. The third kappa shape index (κ3) is 7.71. The van der Waals surface area contributed by atoms with Crippen LogP contribution in [0.2, 0.25) is 0 Å². The quantitative estimate of drug-likeness (QED) is 0.133. The Morgan fingerprint density at radius 2 is 1.28 bits per heavy atom. The van der Waals surface area contributed by atoms with E-state index in [1.54, 1.807) is 18.6 Å². The fourth-order valence-electron chi connectivity index (χ4n) is 7.22. The van der Waals surface area contributed by atoms with Gasteiger partial charge in [-0.15, -0.1) is 0 Å². The Hall–Kier alpha value is -5.98. The molecule has 2 amide bonds. The summed E-state index contributed by atoms with van der Waals surface area (Å²) < 4.78 is 0. The number of nitrogens with zero attached hydrogens (tertiary/aromatic N) is 7. The number of nitrogens with one attached hydrogen (secondary N) is 3. The first kappa shape index (κ1) is 36.4. The molecular formula is C42H46N10O2. The SMILES string of the molecule is C[C@H](NC(=O)[C@@H](c1ccccc1)N(C)C)c1ncc(-c2cnc(-c3ccc(-c4cnc([C@@H]5CCCN5C(=O)[C@@H](c5ccccc5)N(C)C)[nH]4)cc3)nc2)[nH]1. The van der Waals surface area contributed by atoms with E-state index in [4.69, 9.17) is 4.98 Å². The van der Waals surface area contributed by atoms with Crippen LogP contribution in [0.25, 0.3) is 33.9 Å². The molecule has 1 aliphatic heterocycles. The van der Waals surface area contributed by atoms with Gasteiger partial charge in [0, 0.05) is 30.1 Å². The maximum atomic E-state index is 13.9. The molecule has 0 unspecified atom stereocenters. The van der Waals surface area contributed by atoms with Crippen LogP contribution in [0, 0.1) is 0 Å². The van der Waals surface area contributed by atoms with Gasteiger partial charge in [0.1, 0.15) is 23.7 Å². The Morgan fingerprint density at radius 1 is 0.704 bits per heavy atom. The van der Waals surface area contributed by atoms with Crippen molar-refractivity contribution in [2.75, 3.05) is 34.7 Å². The van der Waals surface area contributed by atoms with Gasteiger partial charge in [-0.25, -0.2) is 19.9 Å². The molecule has 3 aromatic carbocycles. The highest BCUT2D eigenvalue weighted by Crippen LogP contribution is 2.35. The van der Waals surface area contributed by atoms with Crippen molar-refractivity contribution < 1.29 is 9.59 Å². The standard InChI is InChI=1S/C42H46N10O2/c1-27(47-41(53)36(50(2)3)29-13-8-6-9-14-29)38-45-26-34(48-38)32-23-43-39(44-24-32)31-20-18-28(19-21-31)33-25-46-40(49-33)35-17-12-22-52(35)42(54)37(51(4)5)30-15-10-7-11-16-30/h6-11,13-16,18-21,23-27,35-37H,12,17,22H2,1-5H3,(H,45,48)(H,46,49)(H,47,53)/t27-,35-,36+,37+/m0/s1. The molecule has 0 spiro atoms. The highest BCUT2D eigenvalue weighted by Gasteiger charge is 2.37. The van der Waals surface area contributed by atoms with Gasteiger partial charge < -0.3 is 20.2 Å². The number of carbonyl (C=O) groups is 2. The maximum Gasteiger partial charge on any atom is 0.245 e. The number of H-pyrrole nitrogens is 2. The van der Waals surface area contributed by atoms with E-state index in [0.29, 0.717) is 18.2 Å². The van der Waals surface area contributed by atoms with Crippen LogP contribution < -0.4 is 5.32 Å². The van der Waals surface area contributed by atoms with Crippen molar-refractivity contribution in [1.29, 1.82) is 0 Å². The molecular weight excluding hydrogens is 677 g/mol. The molecule has 0 saturated carbocycles. The molecule has 1 saturated heterocycles. The van der Waals surface area contributed by atoms with E-state index in [1.807, 2.05) is 141 Å². The molecule has 0 bridgehead atoms. The summed E-state index contributed by atoms with van der Waals surface area (Å²) in [5.74, 6) is 2.02. The average molecular weight is 723 g/mol. The molecule has 7 rings (SSSR count). The van der Waals surface area contributed by atoms with E-state index in [0.717, 1.165) is 57.9 Å². The molecule has 54 heavy (non-hydrogen) atoms. The summed E-state index contributed by atoms with van der Waals surface area (Å²) >= 11 is 0. The minimum Gasteiger partial charge on any atom is -0.345 e. The molecule has 4 heterocycles. The predicted molar refractivity (Wildman–Crippen MR) is 209 cm³/mol. The minimum absolute atomic E-state index is 0.0888. The summed E-state index contributed by atoms with van der Waals surface area (Å²) in [5.41, 5.74) is 6.20. The molecule has 0 radical (unpaired) electrons. The lowest BCUT2D eigenvalue weighted by molar-refractivity contribution is -0.137. The van der Waals surface area contributed by atoms with E-state index in [2.05, 4.69) is 30.2 Å². The minimum atomic E-state index is -0.420. The smallest absolute Gasteiger partial charge is 0.245 e. The van der Waals surface area contributed by atoms with Gasteiger partial charge in [0.15, 0.2) is 5.82 Å². The van der Waals surface area contributed by atoms with Gasteiger partial charge in [0.05, 0.1) is 35.9 Å². The number of amides is 2. The average Bonchev–Trinajstić information content (AvgIpc) is 3.98. The molecule has 3 N–H and O–H groups in total. The van der Waals surface area contributed by atoms with Gasteiger partial charge in [-0.3, -0.25) is 19.4 Å². The van der Waals surface area contributed by atoms with Crippen LogP contribution in [0.5, 0.6) is 0 Å². The van der Waals surface area contributed by atoms with E-state index < -0.39 is 6.04 Å². The van der Waals surface area contributed by atoms with Crippen molar-refractivity contribution in [3.8, 4) is 33.9 Å². The molecule has 12 nitrogen and oxygen atoms in total. The number of imidazole rings is 2. The molecule has 0 aliphatic carbocycles. The second kappa shape index (κ2) is 15.9. The Bertz CT molecular complexity index is 2160. The van der Waals surface area contributed by atoms with Crippen molar-refractivity contribution in [3.63, 3.8) is 0 Å². The highest BCUT2D eigenvalue weighted by atomic mass is 16.2. The summed E-state index contributed by atoms with van der Waals surface area (Å²) in [6.07, 6.45) is 8.90. The number of benzene rings is 3. The Balaban J connectivity index is 0.992. The predicted octanol–water partition coefficient (Wildman–Crippen LogP) is 6.37. The third-order valence-electron chi connectivity index (χ3n) is 9.97. The zero-order valence-electron chi connectivity index (χ0n) is 31.3. The van der Waals surface area contributed by atoms with Crippen LogP contribution in [0.4, 0.5) is 0 Å². The number of hydrogen-bond acceptors (Lipinski definition) is 8. The number of hydrogen-bond donors (Lipinski definition) is 3. The van der Waals surface area contributed by atoms with Crippen molar-refractivity contribution in [1.82, 2.24) is 49.9 Å². The lowest BCUT2D eigenvalue weighted by Gasteiger charge is -2.31. The second-order valence-corrected chi connectivity index (χ2v) is 14.2. The van der Waals surface area contributed by atoms with Crippen LogP contribution in [0.1, 0.15) is 66.7 Å². The first-order valence-corrected chi connectivity index (χ1v) is 18.2. The van der Waals surface area contributed by atoms with E-state index in [-0.39, 0.29) is 29.9 Å². The van der Waals surface area contributed by atoms with E-state index in [9.17, 15) is 9.59 Å². The van der Waals surface area contributed by atoms with Crippen molar-refractivity contribution in [2.45, 2.75) is 43.9 Å². The zero-order valence-corrected chi connectivity index (χ0v) is 31.3. The van der Waals surface area contributed by atoms with Crippen LogP contribution in [-0.2, 0) is 9.59 Å². The maximum absolute atomic E-state index is 13.9. The lowest BCUT2D eigenvalue weighted by Crippen LogP contribution is -2.40. The van der Waals surface area contributed by atoms with Gasteiger partial charge in [-0.1, -0.05) is 84.9 Å². The number of aromatic amines is 2. The normalized spacial score (nSPS) is 16.1. The first-order valence-electron chi connectivity index (χ1n) is 18.2. The van der Waals surface area contributed by atoms with Gasteiger partial charge >= 0.3 is 0 Å². The summed E-state index contributed by atoms with van der Waals surface area (Å²) in [6.45, 7) is 2.61. The van der Waals surface area contributed by atoms with Gasteiger partial charge in [-0.05, 0) is 64.6 Å². The number of likely N-dealkylation sites (tertiary alicyclic amines) is 1. The lowest BCUT2D eigenvalue weighted by atomic mass is 10.0. The van der Waals surface area contributed by atoms with E-state index >= 15 is 0 Å². The first-order chi connectivity index (χ1) is 26.2. The van der Waals surface area contributed by atoms with Crippen LogP contribution in [-0.4, -0.2) is 91.2 Å².